The first-order valence-corrected chi connectivity index (χ1v) is 3.93. The van der Waals surface area contributed by atoms with E-state index in [1.54, 1.807) is 0 Å². The number of carboxylic acid groups (broad SMARTS) is 1. The van der Waals surface area contributed by atoms with Gasteiger partial charge in [-0.2, -0.15) is 12.6 Å². The Morgan fingerprint density at radius 1 is 1.54 bits per heavy atom. The number of nitroso groups, excluding NO2 is 1. The van der Waals surface area contributed by atoms with E-state index in [0.717, 1.165) is 0 Å². The van der Waals surface area contributed by atoms with Crippen LogP contribution < -0.4 is 10.7 Å². The smallest absolute Gasteiger partial charge is 0.322 e. The second kappa shape index (κ2) is 6.23. The SMILES string of the molecule is O=NN[C@@H](CS)C(=O)NCC(=O)O. The molecule has 0 aliphatic heterocycles. The zero-order valence-corrected chi connectivity index (χ0v) is 7.45. The molecule has 1 atom stereocenters. The summed E-state index contributed by atoms with van der Waals surface area (Å²) in [6.45, 7) is -0.496. The first-order chi connectivity index (χ1) is 6.11. The first-order valence-electron chi connectivity index (χ1n) is 3.30. The summed E-state index contributed by atoms with van der Waals surface area (Å²) in [6, 6.07) is -0.903. The Kier molecular flexibility index (Phi) is 5.60. The molecule has 0 aromatic rings. The summed E-state index contributed by atoms with van der Waals surface area (Å²) < 4.78 is 0. The molecule has 7 nitrogen and oxygen atoms in total. The molecule has 1 amide bonds. The summed E-state index contributed by atoms with van der Waals surface area (Å²) in [4.78, 5) is 30.7. The lowest BCUT2D eigenvalue weighted by atomic mass is 10.3. The van der Waals surface area contributed by atoms with Crippen molar-refractivity contribution in [1.29, 1.82) is 0 Å². The lowest BCUT2D eigenvalue weighted by molar-refractivity contribution is -0.138. The molecule has 0 aromatic carbocycles. The highest BCUT2D eigenvalue weighted by atomic mass is 32.1. The van der Waals surface area contributed by atoms with Crippen molar-refractivity contribution < 1.29 is 14.7 Å². The standard InChI is InChI=1S/C5H9N3O4S/c9-4(10)1-6-5(11)3(2-13)7-8-12/h3,13H,1-2H2,(H,6,11)(H,7,12)(H,9,10)/t3-/m0/s1. The fraction of sp³-hybridized carbons (Fsp3) is 0.600. The average molecular weight is 207 g/mol. The zero-order chi connectivity index (χ0) is 10.3. The van der Waals surface area contributed by atoms with Crippen molar-refractivity contribution in [1.82, 2.24) is 10.7 Å². The van der Waals surface area contributed by atoms with Gasteiger partial charge in [0.1, 0.15) is 12.6 Å². The summed E-state index contributed by atoms with van der Waals surface area (Å²) in [7, 11) is 0. The molecule has 0 saturated heterocycles. The minimum absolute atomic E-state index is 0.0528. The molecule has 8 heteroatoms. The fourth-order valence-electron chi connectivity index (χ4n) is 0.532. The topological polar surface area (TPSA) is 108 Å². The summed E-state index contributed by atoms with van der Waals surface area (Å²) in [5.74, 6) is -1.74. The van der Waals surface area contributed by atoms with Crippen LogP contribution in [-0.4, -0.2) is 35.3 Å². The summed E-state index contributed by atoms with van der Waals surface area (Å²) in [5, 5.41) is 12.6. The van der Waals surface area contributed by atoms with E-state index < -0.39 is 24.5 Å². The van der Waals surface area contributed by atoms with E-state index in [2.05, 4.69) is 23.2 Å². The number of rotatable bonds is 6. The third-order valence-corrected chi connectivity index (χ3v) is 1.49. The van der Waals surface area contributed by atoms with Crippen molar-refractivity contribution in [3.8, 4) is 0 Å². The Hall–Kier alpha value is -1.31. The van der Waals surface area contributed by atoms with Gasteiger partial charge in [0.15, 0.2) is 0 Å². The molecule has 0 spiro atoms. The van der Waals surface area contributed by atoms with Crippen LogP contribution >= 0.6 is 12.6 Å². The van der Waals surface area contributed by atoms with E-state index >= 15 is 0 Å². The van der Waals surface area contributed by atoms with Gasteiger partial charge in [0.2, 0.25) is 5.91 Å². The molecular weight excluding hydrogens is 198 g/mol. The molecule has 0 rings (SSSR count). The van der Waals surface area contributed by atoms with Crippen molar-refractivity contribution in [3.63, 3.8) is 0 Å². The highest BCUT2D eigenvalue weighted by Crippen LogP contribution is 1.87. The molecule has 0 aromatic heterocycles. The third-order valence-electron chi connectivity index (χ3n) is 1.12. The Balaban J connectivity index is 3.90. The van der Waals surface area contributed by atoms with E-state index in [0.29, 0.717) is 0 Å². The predicted molar refractivity (Wildman–Crippen MR) is 47.2 cm³/mol. The number of aliphatic carboxylic acids is 1. The van der Waals surface area contributed by atoms with E-state index in [4.69, 9.17) is 5.11 Å². The van der Waals surface area contributed by atoms with Crippen molar-refractivity contribution in [3.05, 3.63) is 4.91 Å². The molecule has 0 saturated carbocycles. The summed E-state index contributed by atoms with van der Waals surface area (Å²) in [5.41, 5.74) is 1.94. The van der Waals surface area contributed by atoms with Crippen LogP contribution in [0.2, 0.25) is 0 Å². The Morgan fingerprint density at radius 3 is 2.54 bits per heavy atom. The molecule has 0 aliphatic carbocycles. The van der Waals surface area contributed by atoms with Gasteiger partial charge in [-0.05, 0) is 0 Å². The Labute approximate surface area is 79.2 Å². The number of carbonyl (C=O) groups excluding carboxylic acids is 1. The van der Waals surface area contributed by atoms with E-state index in [1.165, 1.54) is 0 Å². The maximum absolute atomic E-state index is 11.0. The molecule has 13 heavy (non-hydrogen) atoms. The van der Waals surface area contributed by atoms with Gasteiger partial charge in [-0.1, -0.05) is 0 Å². The van der Waals surface area contributed by atoms with Gasteiger partial charge in [-0.25, -0.2) is 0 Å². The van der Waals surface area contributed by atoms with Gasteiger partial charge < -0.3 is 10.4 Å². The molecular formula is C5H9N3O4S. The molecule has 0 heterocycles. The van der Waals surface area contributed by atoms with Crippen molar-refractivity contribution >= 4 is 24.5 Å². The van der Waals surface area contributed by atoms with Gasteiger partial charge in [0.05, 0.1) is 5.29 Å². The Bertz CT molecular complexity index is 210. The van der Waals surface area contributed by atoms with Crippen LogP contribution in [0.25, 0.3) is 0 Å². The molecule has 0 fully saturated rings. The quantitative estimate of drug-likeness (QED) is 0.247. The van der Waals surface area contributed by atoms with Crippen molar-refractivity contribution in [2.45, 2.75) is 6.04 Å². The van der Waals surface area contributed by atoms with Crippen LogP contribution in [0.15, 0.2) is 5.29 Å². The number of hydrogen-bond donors (Lipinski definition) is 4. The second-order valence-electron chi connectivity index (χ2n) is 2.07. The summed E-state index contributed by atoms with van der Waals surface area (Å²) >= 11 is 3.76. The van der Waals surface area contributed by atoms with Gasteiger partial charge in [-0.15, -0.1) is 4.91 Å². The normalized spacial score (nSPS) is 11.5. The van der Waals surface area contributed by atoms with Crippen molar-refractivity contribution in [2.24, 2.45) is 5.29 Å². The molecule has 74 valence electrons. The number of nitrogens with one attached hydrogen (secondary N) is 2. The van der Waals surface area contributed by atoms with E-state index in [-0.39, 0.29) is 5.75 Å². The minimum atomic E-state index is -1.16. The monoisotopic (exact) mass is 207 g/mol. The average Bonchev–Trinajstić information content (AvgIpc) is 2.10. The number of nitrogens with zero attached hydrogens (tertiary/aromatic N) is 1. The molecule has 3 N–H and O–H groups in total. The predicted octanol–water partition coefficient (Wildman–Crippen LogP) is -1.24. The second-order valence-corrected chi connectivity index (χ2v) is 2.43. The van der Waals surface area contributed by atoms with Crippen LogP contribution in [0.1, 0.15) is 0 Å². The highest BCUT2D eigenvalue weighted by molar-refractivity contribution is 7.80. The zero-order valence-electron chi connectivity index (χ0n) is 6.56. The van der Waals surface area contributed by atoms with Gasteiger partial charge in [0.25, 0.3) is 0 Å². The van der Waals surface area contributed by atoms with Gasteiger partial charge in [0, 0.05) is 5.75 Å². The van der Waals surface area contributed by atoms with Crippen LogP contribution in [0.3, 0.4) is 0 Å². The number of carbonyl (C=O) groups is 2. The van der Waals surface area contributed by atoms with Crippen LogP contribution in [0, 0.1) is 4.91 Å². The molecule has 0 bridgehead atoms. The lowest BCUT2D eigenvalue weighted by Crippen LogP contribution is -2.44. The number of amides is 1. The van der Waals surface area contributed by atoms with Crippen LogP contribution in [0.5, 0.6) is 0 Å². The number of carboxylic acids is 1. The summed E-state index contributed by atoms with van der Waals surface area (Å²) in [6.07, 6.45) is 0. The maximum atomic E-state index is 11.0. The lowest BCUT2D eigenvalue weighted by Gasteiger charge is -2.10. The van der Waals surface area contributed by atoms with Crippen LogP contribution in [-0.2, 0) is 9.59 Å². The number of thiol groups is 1. The third kappa shape index (κ3) is 5.01. The minimum Gasteiger partial charge on any atom is -0.480 e. The van der Waals surface area contributed by atoms with Crippen molar-refractivity contribution in [2.75, 3.05) is 12.3 Å². The largest absolute Gasteiger partial charge is 0.480 e. The fourth-order valence-corrected chi connectivity index (χ4v) is 0.779. The molecule has 0 aliphatic rings. The maximum Gasteiger partial charge on any atom is 0.322 e. The van der Waals surface area contributed by atoms with Gasteiger partial charge in [-0.3, -0.25) is 15.0 Å². The van der Waals surface area contributed by atoms with Crippen LogP contribution in [0.4, 0.5) is 0 Å². The molecule has 0 radical (unpaired) electrons. The van der Waals surface area contributed by atoms with Gasteiger partial charge >= 0.3 is 5.97 Å². The van der Waals surface area contributed by atoms with E-state index in [9.17, 15) is 14.5 Å². The highest BCUT2D eigenvalue weighted by Gasteiger charge is 2.16. The first kappa shape index (κ1) is 11.7. The number of hydrogen-bond acceptors (Lipinski definition) is 5. The molecule has 0 unspecified atom stereocenters. The Morgan fingerprint density at radius 2 is 2.15 bits per heavy atom. The van der Waals surface area contributed by atoms with E-state index in [1.807, 2.05) is 5.43 Å².